The Morgan fingerprint density at radius 1 is 1.18 bits per heavy atom. The highest BCUT2D eigenvalue weighted by Crippen LogP contribution is 2.25. The summed E-state index contributed by atoms with van der Waals surface area (Å²) in [4.78, 5) is 14.2. The van der Waals surface area contributed by atoms with E-state index < -0.39 is 0 Å². The van der Waals surface area contributed by atoms with E-state index >= 15 is 0 Å². The fraction of sp³-hybridized carbons (Fsp3) is 0.923. The number of carbonyl (C=O) groups is 1. The van der Waals surface area contributed by atoms with Gasteiger partial charge in [-0.1, -0.05) is 12.8 Å². The van der Waals surface area contributed by atoms with E-state index in [2.05, 4.69) is 0 Å². The SMILES string of the molecule is O=C(C1CCCCO1)N(CCO)C1CCCC1. The molecule has 4 heteroatoms. The fourth-order valence-corrected chi connectivity index (χ4v) is 2.92. The monoisotopic (exact) mass is 241 g/mol. The lowest BCUT2D eigenvalue weighted by atomic mass is 10.1. The van der Waals surface area contributed by atoms with Crippen molar-refractivity contribution in [2.75, 3.05) is 19.8 Å². The molecule has 1 aliphatic heterocycles. The zero-order valence-corrected chi connectivity index (χ0v) is 10.4. The van der Waals surface area contributed by atoms with E-state index in [1.165, 1.54) is 12.8 Å². The smallest absolute Gasteiger partial charge is 0.252 e. The standard InChI is InChI=1S/C13H23NO3/c15-9-8-14(11-5-1-2-6-11)13(16)12-7-3-4-10-17-12/h11-12,15H,1-10H2. The van der Waals surface area contributed by atoms with Crippen LogP contribution in [0.5, 0.6) is 0 Å². The Bertz CT molecular complexity index is 245. The molecule has 0 aromatic heterocycles. The largest absolute Gasteiger partial charge is 0.395 e. The van der Waals surface area contributed by atoms with E-state index in [-0.39, 0.29) is 18.6 Å². The van der Waals surface area contributed by atoms with Gasteiger partial charge in [0.15, 0.2) is 0 Å². The summed E-state index contributed by atoms with van der Waals surface area (Å²) >= 11 is 0. The summed E-state index contributed by atoms with van der Waals surface area (Å²) in [5.74, 6) is 0.102. The quantitative estimate of drug-likeness (QED) is 0.807. The molecule has 1 unspecified atom stereocenters. The van der Waals surface area contributed by atoms with Crippen LogP contribution in [0.3, 0.4) is 0 Å². The van der Waals surface area contributed by atoms with Gasteiger partial charge in [0.2, 0.25) is 0 Å². The number of rotatable bonds is 4. The van der Waals surface area contributed by atoms with Crippen molar-refractivity contribution in [2.45, 2.75) is 57.1 Å². The van der Waals surface area contributed by atoms with Gasteiger partial charge in [0.25, 0.3) is 5.91 Å². The van der Waals surface area contributed by atoms with Crippen LogP contribution in [0, 0.1) is 0 Å². The van der Waals surface area contributed by atoms with E-state index in [1.807, 2.05) is 4.90 Å². The molecule has 1 amide bonds. The van der Waals surface area contributed by atoms with E-state index in [1.54, 1.807) is 0 Å². The second-order valence-corrected chi connectivity index (χ2v) is 5.05. The highest BCUT2D eigenvalue weighted by molar-refractivity contribution is 5.81. The van der Waals surface area contributed by atoms with Crippen molar-refractivity contribution in [3.05, 3.63) is 0 Å². The van der Waals surface area contributed by atoms with Crippen molar-refractivity contribution in [1.82, 2.24) is 4.90 Å². The fourth-order valence-electron chi connectivity index (χ4n) is 2.92. The van der Waals surface area contributed by atoms with Crippen molar-refractivity contribution < 1.29 is 14.6 Å². The Kier molecular flexibility index (Phi) is 4.80. The predicted octanol–water partition coefficient (Wildman–Crippen LogP) is 1.32. The average Bonchev–Trinajstić information content (AvgIpc) is 2.90. The van der Waals surface area contributed by atoms with Crippen molar-refractivity contribution in [3.63, 3.8) is 0 Å². The first kappa shape index (κ1) is 12.8. The second kappa shape index (κ2) is 6.36. The Balaban J connectivity index is 1.95. The van der Waals surface area contributed by atoms with Crippen molar-refractivity contribution >= 4 is 5.91 Å². The summed E-state index contributed by atoms with van der Waals surface area (Å²) in [6, 6.07) is 0.333. The van der Waals surface area contributed by atoms with Gasteiger partial charge in [-0.15, -0.1) is 0 Å². The lowest BCUT2D eigenvalue weighted by Gasteiger charge is -2.33. The molecule has 1 atom stereocenters. The molecule has 1 N–H and O–H groups in total. The number of ether oxygens (including phenoxy) is 1. The van der Waals surface area contributed by atoms with Gasteiger partial charge in [-0.05, 0) is 32.1 Å². The Morgan fingerprint density at radius 2 is 1.88 bits per heavy atom. The number of hydrogen-bond donors (Lipinski definition) is 1. The van der Waals surface area contributed by atoms with Gasteiger partial charge < -0.3 is 14.7 Å². The predicted molar refractivity (Wildman–Crippen MR) is 64.6 cm³/mol. The third-order valence-corrected chi connectivity index (χ3v) is 3.84. The summed E-state index contributed by atoms with van der Waals surface area (Å²) < 4.78 is 5.55. The maximum atomic E-state index is 12.4. The van der Waals surface area contributed by atoms with Gasteiger partial charge in [-0.2, -0.15) is 0 Å². The first-order valence-corrected chi connectivity index (χ1v) is 6.86. The van der Waals surface area contributed by atoms with Crippen LogP contribution in [-0.2, 0) is 9.53 Å². The molecule has 0 spiro atoms. The van der Waals surface area contributed by atoms with Crippen LogP contribution < -0.4 is 0 Å². The molecule has 0 aromatic carbocycles. The molecule has 0 aromatic rings. The normalized spacial score (nSPS) is 26.1. The number of aliphatic hydroxyl groups excluding tert-OH is 1. The molecule has 98 valence electrons. The number of amides is 1. The lowest BCUT2D eigenvalue weighted by molar-refractivity contribution is -0.149. The molecule has 2 rings (SSSR count). The molecule has 0 radical (unpaired) electrons. The van der Waals surface area contributed by atoms with Crippen LogP contribution in [0.15, 0.2) is 0 Å². The molecule has 1 heterocycles. The van der Waals surface area contributed by atoms with Gasteiger partial charge in [0, 0.05) is 19.2 Å². The van der Waals surface area contributed by atoms with Crippen LogP contribution in [-0.4, -0.2) is 47.8 Å². The minimum atomic E-state index is -0.254. The summed E-state index contributed by atoms with van der Waals surface area (Å²) in [5.41, 5.74) is 0. The van der Waals surface area contributed by atoms with Gasteiger partial charge >= 0.3 is 0 Å². The topological polar surface area (TPSA) is 49.8 Å². The minimum absolute atomic E-state index is 0.0506. The third kappa shape index (κ3) is 3.19. The zero-order chi connectivity index (χ0) is 12.1. The molecular formula is C13H23NO3. The van der Waals surface area contributed by atoms with E-state index in [0.29, 0.717) is 19.2 Å². The summed E-state index contributed by atoms with van der Waals surface area (Å²) in [7, 11) is 0. The first-order chi connectivity index (χ1) is 8.33. The van der Waals surface area contributed by atoms with Crippen molar-refractivity contribution in [1.29, 1.82) is 0 Å². The van der Waals surface area contributed by atoms with Gasteiger partial charge in [0.1, 0.15) is 6.10 Å². The lowest BCUT2D eigenvalue weighted by Crippen LogP contribution is -2.47. The number of nitrogens with zero attached hydrogens (tertiary/aromatic N) is 1. The Morgan fingerprint density at radius 3 is 2.47 bits per heavy atom. The number of aliphatic hydroxyl groups is 1. The van der Waals surface area contributed by atoms with Crippen molar-refractivity contribution in [2.24, 2.45) is 0 Å². The molecular weight excluding hydrogens is 218 g/mol. The zero-order valence-electron chi connectivity index (χ0n) is 10.4. The first-order valence-electron chi connectivity index (χ1n) is 6.86. The van der Waals surface area contributed by atoms with E-state index in [4.69, 9.17) is 9.84 Å². The van der Waals surface area contributed by atoms with Gasteiger partial charge in [-0.3, -0.25) is 4.79 Å². The maximum Gasteiger partial charge on any atom is 0.252 e. The molecule has 2 aliphatic rings. The Hall–Kier alpha value is -0.610. The van der Waals surface area contributed by atoms with Crippen LogP contribution in [0.4, 0.5) is 0 Å². The van der Waals surface area contributed by atoms with Crippen molar-refractivity contribution in [3.8, 4) is 0 Å². The second-order valence-electron chi connectivity index (χ2n) is 5.05. The summed E-state index contributed by atoms with van der Waals surface area (Å²) in [6.07, 6.45) is 7.29. The van der Waals surface area contributed by atoms with E-state index in [0.717, 1.165) is 32.1 Å². The van der Waals surface area contributed by atoms with Gasteiger partial charge in [-0.25, -0.2) is 0 Å². The molecule has 17 heavy (non-hydrogen) atoms. The molecule has 0 bridgehead atoms. The number of carbonyl (C=O) groups excluding carboxylic acids is 1. The number of hydrogen-bond acceptors (Lipinski definition) is 3. The van der Waals surface area contributed by atoms with Crippen LogP contribution in [0.25, 0.3) is 0 Å². The molecule has 4 nitrogen and oxygen atoms in total. The third-order valence-electron chi connectivity index (χ3n) is 3.84. The van der Waals surface area contributed by atoms with Crippen LogP contribution in [0.2, 0.25) is 0 Å². The molecule has 1 saturated heterocycles. The Labute approximate surface area is 103 Å². The molecule has 1 saturated carbocycles. The highest BCUT2D eigenvalue weighted by atomic mass is 16.5. The maximum absolute atomic E-state index is 12.4. The van der Waals surface area contributed by atoms with E-state index in [9.17, 15) is 4.79 Å². The molecule has 1 aliphatic carbocycles. The highest BCUT2D eigenvalue weighted by Gasteiger charge is 2.32. The summed E-state index contributed by atoms with van der Waals surface area (Å²) in [5, 5.41) is 9.11. The average molecular weight is 241 g/mol. The van der Waals surface area contributed by atoms with Crippen LogP contribution in [0.1, 0.15) is 44.9 Å². The summed E-state index contributed by atoms with van der Waals surface area (Å²) in [6.45, 7) is 1.21. The van der Waals surface area contributed by atoms with Crippen LogP contribution >= 0.6 is 0 Å². The molecule has 2 fully saturated rings. The minimum Gasteiger partial charge on any atom is -0.395 e. The van der Waals surface area contributed by atoms with Gasteiger partial charge in [0.05, 0.1) is 6.61 Å².